The van der Waals surface area contributed by atoms with Gasteiger partial charge in [0.1, 0.15) is 0 Å². The van der Waals surface area contributed by atoms with Crippen LogP contribution in [0.3, 0.4) is 0 Å². The summed E-state index contributed by atoms with van der Waals surface area (Å²) in [6, 6.07) is 52.4. The van der Waals surface area contributed by atoms with E-state index in [2.05, 4.69) is 191 Å². The smallest absolute Gasteiger partial charge is 0.0941 e. The van der Waals surface area contributed by atoms with Crippen molar-refractivity contribution in [2.24, 2.45) is 0 Å². The van der Waals surface area contributed by atoms with Crippen molar-refractivity contribution in [3.8, 4) is 44.5 Å². The van der Waals surface area contributed by atoms with Crippen molar-refractivity contribution in [3.63, 3.8) is 0 Å². The Balaban J connectivity index is 1.09. The van der Waals surface area contributed by atoms with Crippen LogP contribution in [-0.2, 0) is 0 Å². The fraction of sp³-hybridized carbons (Fsp3) is 0.0455. The van der Waals surface area contributed by atoms with E-state index in [0.29, 0.717) is 0 Å². The topological polar surface area (TPSA) is 30.5 Å². The molecule has 2 N–H and O–H groups in total. The minimum absolute atomic E-state index is 0.279. The van der Waals surface area contributed by atoms with Crippen LogP contribution in [0, 0.1) is 0 Å². The standard InChI is InChI=1S/C44H34N4/c1-30-38-28-36(29-40(34-15-7-3-8-16-34)44(38)46-48-43-20-12-11-19-42(43)47(30)48)32-23-21-31(22-24-32)35-25-26-41(45-37-17-9-4-10-18-37)39(27-35)33-13-5-2-6-14-33/h2-29,42-43,45-46H,1H2. The maximum absolute atomic E-state index is 4.60. The van der Waals surface area contributed by atoms with Gasteiger partial charge in [-0.1, -0.05) is 140 Å². The molecule has 1 aliphatic carbocycles. The van der Waals surface area contributed by atoms with Gasteiger partial charge in [-0.2, -0.15) is 0 Å². The zero-order valence-corrected chi connectivity index (χ0v) is 26.4. The molecule has 48 heavy (non-hydrogen) atoms. The number of nitrogens with one attached hydrogen (secondary N) is 2. The Labute approximate surface area is 281 Å². The summed E-state index contributed by atoms with van der Waals surface area (Å²) in [5.41, 5.74) is 18.5. The molecule has 3 aliphatic rings. The number of hydrogen-bond acceptors (Lipinski definition) is 4. The lowest BCUT2D eigenvalue weighted by atomic mass is 9.89. The summed E-state index contributed by atoms with van der Waals surface area (Å²) in [5, 5.41) is 8.11. The second-order valence-electron chi connectivity index (χ2n) is 12.5. The lowest BCUT2D eigenvalue weighted by Gasteiger charge is -2.60. The predicted octanol–water partition coefficient (Wildman–Crippen LogP) is 10.8. The van der Waals surface area contributed by atoms with Crippen LogP contribution in [0.1, 0.15) is 5.56 Å². The normalized spacial score (nSPS) is 17.5. The summed E-state index contributed by atoms with van der Waals surface area (Å²) < 4.78 is 0. The minimum Gasteiger partial charge on any atom is -0.355 e. The molecule has 2 heterocycles. The molecule has 4 nitrogen and oxygen atoms in total. The average molecular weight is 619 g/mol. The molecular weight excluding hydrogens is 585 g/mol. The Hall–Kier alpha value is -6.10. The van der Waals surface area contributed by atoms with Crippen molar-refractivity contribution in [1.29, 1.82) is 0 Å². The Bertz CT molecular complexity index is 2200. The fourth-order valence-electron chi connectivity index (χ4n) is 7.15. The molecule has 230 valence electrons. The molecule has 2 aliphatic heterocycles. The fourth-order valence-corrected chi connectivity index (χ4v) is 7.15. The van der Waals surface area contributed by atoms with Crippen LogP contribution in [0.25, 0.3) is 50.2 Å². The zero-order chi connectivity index (χ0) is 32.0. The second kappa shape index (κ2) is 11.6. The van der Waals surface area contributed by atoms with E-state index in [9.17, 15) is 0 Å². The van der Waals surface area contributed by atoms with Gasteiger partial charge in [0.05, 0.1) is 23.5 Å². The number of anilines is 3. The summed E-state index contributed by atoms with van der Waals surface area (Å²) in [5.74, 6) is 0. The van der Waals surface area contributed by atoms with Gasteiger partial charge in [-0.3, -0.25) is 10.4 Å². The first-order valence-corrected chi connectivity index (χ1v) is 16.5. The van der Waals surface area contributed by atoms with E-state index >= 15 is 0 Å². The van der Waals surface area contributed by atoms with Crippen LogP contribution in [-0.4, -0.2) is 22.2 Å². The summed E-state index contributed by atoms with van der Waals surface area (Å²) in [6.45, 7) is 4.60. The maximum atomic E-state index is 4.60. The Morgan fingerprint density at radius 1 is 0.500 bits per heavy atom. The maximum Gasteiger partial charge on any atom is 0.0941 e. The first-order valence-electron chi connectivity index (χ1n) is 16.5. The SMILES string of the molecule is C=C1c2cc(-c3ccc(-c4ccc(Nc5ccccc5)c(-c5ccccc5)c4)cc3)cc(-c3ccccc3)c2NN2C3C=CC=CC3N12. The highest BCUT2D eigenvalue weighted by atomic mass is 15.9. The summed E-state index contributed by atoms with van der Waals surface area (Å²) in [6.07, 6.45) is 8.76. The van der Waals surface area contributed by atoms with Crippen LogP contribution in [0.15, 0.2) is 176 Å². The van der Waals surface area contributed by atoms with Crippen molar-refractivity contribution in [3.05, 3.63) is 182 Å². The molecule has 0 radical (unpaired) electrons. The third-order valence-corrected chi connectivity index (χ3v) is 9.62. The Morgan fingerprint density at radius 2 is 1.04 bits per heavy atom. The quantitative estimate of drug-likeness (QED) is 0.194. The van der Waals surface area contributed by atoms with E-state index < -0.39 is 0 Å². The number of allylic oxidation sites excluding steroid dienone is 2. The van der Waals surface area contributed by atoms with Crippen LogP contribution >= 0.6 is 0 Å². The lowest BCUT2D eigenvalue weighted by Crippen LogP contribution is -2.72. The van der Waals surface area contributed by atoms with Crippen molar-refractivity contribution >= 4 is 22.8 Å². The van der Waals surface area contributed by atoms with Gasteiger partial charge in [0, 0.05) is 28.1 Å². The Morgan fingerprint density at radius 3 is 1.73 bits per heavy atom. The van der Waals surface area contributed by atoms with E-state index in [4.69, 9.17) is 0 Å². The molecule has 0 amide bonds. The van der Waals surface area contributed by atoms with E-state index in [-0.39, 0.29) is 12.1 Å². The third kappa shape index (κ3) is 4.82. The van der Waals surface area contributed by atoms with Crippen molar-refractivity contribution in [2.45, 2.75) is 12.1 Å². The summed E-state index contributed by atoms with van der Waals surface area (Å²) in [4.78, 5) is 0. The minimum atomic E-state index is 0.279. The van der Waals surface area contributed by atoms with Crippen LogP contribution in [0.4, 0.5) is 17.1 Å². The highest BCUT2D eigenvalue weighted by Crippen LogP contribution is 2.48. The van der Waals surface area contributed by atoms with Gasteiger partial charge in [-0.15, -0.1) is 5.12 Å². The molecular formula is C44H34N4. The monoisotopic (exact) mass is 618 g/mol. The summed E-state index contributed by atoms with van der Waals surface area (Å²) >= 11 is 0. The molecule has 2 unspecified atom stereocenters. The largest absolute Gasteiger partial charge is 0.355 e. The van der Waals surface area contributed by atoms with E-state index in [1.807, 2.05) is 6.07 Å². The number of hydrazine groups is 2. The number of nitrogens with zero attached hydrogens (tertiary/aromatic N) is 2. The first-order chi connectivity index (χ1) is 23.7. The number of hydrogen-bond donors (Lipinski definition) is 2. The number of para-hydroxylation sites is 1. The lowest BCUT2D eigenvalue weighted by molar-refractivity contribution is -0.112. The van der Waals surface area contributed by atoms with Crippen LogP contribution in [0.5, 0.6) is 0 Å². The van der Waals surface area contributed by atoms with Gasteiger partial charge in [-0.05, 0) is 69.8 Å². The molecule has 0 bridgehead atoms. The molecule has 2 atom stereocenters. The van der Waals surface area contributed by atoms with Gasteiger partial charge in [-0.25, -0.2) is 0 Å². The molecule has 6 aromatic carbocycles. The molecule has 0 aromatic heterocycles. The Kier molecular flexibility index (Phi) is 6.81. The number of rotatable bonds is 6. The summed E-state index contributed by atoms with van der Waals surface area (Å²) in [7, 11) is 0. The molecule has 4 heteroatoms. The highest BCUT2D eigenvalue weighted by molar-refractivity contribution is 5.93. The van der Waals surface area contributed by atoms with Gasteiger partial charge in [0.2, 0.25) is 0 Å². The molecule has 1 fully saturated rings. The van der Waals surface area contributed by atoms with Gasteiger partial charge < -0.3 is 5.32 Å². The molecule has 0 spiro atoms. The van der Waals surface area contributed by atoms with Gasteiger partial charge in [0.15, 0.2) is 0 Å². The van der Waals surface area contributed by atoms with Crippen LogP contribution in [0.2, 0.25) is 0 Å². The second-order valence-corrected chi connectivity index (χ2v) is 12.5. The molecule has 6 aromatic rings. The van der Waals surface area contributed by atoms with Crippen molar-refractivity contribution < 1.29 is 0 Å². The van der Waals surface area contributed by atoms with Crippen LogP contribution < -0.4 is 10.7 Å². The number of benzene rings is 6. The van der Waals surface area contributed by atoms with Crippen molar-refractivity contribution in [1.82, 2.24) is 10.1 Å². The average Bonchev–Trinajstić information content (AvgIpc) is 3.15. The molecule has 1 saturated heterocycles. The highest BCUT2D eigenvalue weighted by Gasteiger charge is 2.49. The van der Waals surface area contributed by atoms with E-state index in [1.54, 1.807) is 0 Å². The predicted molar refractivity (Wildman–Crippen MR) is 200 cm³/mol. The van der Waals surface area contributed by atoms with E-state index in [0.717, 1.165) is 28.3 Å². The zero-order valence-electron chi connectivity index (χ0n) is 26.4. The third-order valence-electron chi connectivity index (χ3n) is 9.62. The van der Waals surface area contributed by atoms with Gasteiger partial charge in [0.25, 0.3) is 0 Å². The molecule has 0 saturated carbocycles. The number of fused-ring (bicyclic) bond motifs is 5. The first kappa shape index (κ1) is 28.1. The van der Waals surface area contributed by atoms with Crippen molar-refractivity contribution in [2.75, 3.05) is 10.7 Å². The van der Waals surface area contributed by atoms with Gasteiger partial charge >= 0.3 is 0 Å². The molecule has 9 rings (SSSR count). The van der Waals surface area contributed by atoms with E-state index in [1.165, 1.54) is 44.5 Å².